The number of nitrogens with one attached hydrogen (secondary N) is 10. The second-order valence-corrected chi connectivity index (χ2v) is 37.6. The summed E-state index contributed by atoms with van der Waals surface area (Å²) < 4.78 is 29.9. The van der Waals surface area contributed by atoms with Gasteiger partial charge in [0.25, 0.3) is 0 Å². The van der Waals surface area contributed by atoms with Crippen LogP contribution in [-0.2, 0) is 97.4 Å². The molecule has 686 valence electrons. The maximum absolute atomic E-state index is 15.3. The number of amides is 11. The Hall–Kier alpha value is -9.45. The van der Waals surface area contributed by atoms with Gasteiger partial charge in [-0.15, -0.1) is 0 Å². The number of carbonyl (C=O) groups is 12. The number of aromatic nitrogens is 1. The number of aliphatic hydroxyl groups excluding tert-OH is 3. The lowest BCUT2D eigenvalue weighted by Gasteiger charge is -2.55. The Morgan fingerprint density at radius 3 is 2.10 bits per heavy atom. The molecule has 3 saturated heterocycles. The monoisotopic (exact) mass is 1840 g/mol. The summed E-state index contributed by atoms with van der Waals surface area (Å²) in [7, 11) is 10.2. The second-order valence-electron chi connectivity index (χ2n) is 32.0. The fourth-order valence-electron chi connectivity index (χ4n) is 15.0. The van der Waals surface area contributed by atoms with Crippen molar-refractivity contribution in [1.82, 2.24) is 57.7 Å². The number of allylic oxidation sites excluding steroid dienone is 3. The number of likely N-dealkylation sites (N-methyl/N-ethyl adjacent to an activating group) is 1. The van der Waals surface area contributed by atoms with E-state index in [0.29, 0.717) is 52.5 Å². The highest BCUT2D eigenvalue weighted by Crippen LogP contribution is 2.49. The van der Waals surface area contributed by atoms with Gasteiger partial charge in [0.05, 0.1) is 50.2 Å². The van der Waals surface area contributed by atoms with Crippen LogP contribution in [0, 0.1) is 11.8 Å². The topological polar surface area (TPSA) is 488 Å². The molecule has 0 saturated carbocycles. The third-order valence-corrected chi connectivity index (χ3v) is 27.9. The molecule has 5 aromatic rings. The molecule has 0 radical (unpaired) electrons. The maximum atomic E-state index is 15.3. The van der Waals surface area contributed by atoms with Crippen LogP contribution in [0.25, 0.3) is 10.9 Å². The molecule has 5 aliphatic heterocycles. The smallest absolute Gasteiger partial charge is 0.409 e. The first kappa shape index (κ1) is 100. The summed E-state index contributed by atoms with van der Waals surface area (Å²) in [6.07, 6.45) is -0.112. The minimum atomic E-state index is -1.94. The van der Waals surface area contributed by atoms with E-state index in [9.17, 15) is 58.8 Å². The lowest BCUT2D eigenvalue weighted by molar-refractivity contribution is -0.377. The van der Waals surface area contributed by atoms with E-state index in [1.165, 1.54) is 80.5 Å². The molecule has 126 heavy (non-hydrogen) atoms. The quantitative estimate of drug-likeness (QED) is 0.0174. The molecule has 3 fully saturated rings. The number of hydrogen-bond donors (Lipinski definition) is 15. The van der Waals surface area contributed by atoms with E-state index < -0.39 is 192 Å². The molecule has 4 aromatic carbocycles. The van der Waals surface area contributed by atoms with Gasteiger partial charge < -0.3 is 107 Å². The fourth-order valence-corrected chi connectivity index (χ4v) is 19.6. The van der Waals surface area contributed by atoms with Crippen LogP contribution in [0.1, 0.15) is 109 Å². The van der Waals surface area contributed by atoms with E-state index in [-0.39, 0.29) is 85.3 Å². The van der Waals surface area contributed by atoms with Crippen LogP contribution in [0.2, 0.25) is 5.02 Å². The first-order valence-electron chi connectivity index (χ1n) is 41.7. The van der Waals surface area contributed by atoms with Crippen LogP contribution in [0.5, 0.6) is 5.75 Å². The number of carbonyl (C=O) groups excluding carboxylic acids is 12. The minimum absolute atomic E-state index is 0.0325. The molecule has 1 aromatic heterocycles. The van der Waals surface area contributed by atoms with E-state index in [4.69, 9.17) is 41.0 Å². The molecule has 39 heteroatoms. The van der Waals surface area contributed by atoms with E-state index in [1.54, 1.807) is 111 Å². The average Bonchev–Trinajstić information content (AvgIpc) is 0.831. The van der Waals surface area contributed by atoms with E-state index in [1.807, 2.05) is 31.2 Å². The Morgan fingerprint density at radius 1 is 0.794 bits per heavy atom. The van der Waals surface area contributed by atoms with Gasteiger partial charge in [0, 0.05) is 112 Å². The Bertz CT molecular complexity index is 4690. The molecule has 34 nitrogen and oxygen atoms in total. The van der Waals surface area contributed by atoms with Gasteiger partial charge in [-0.05, 0) is 100 Å². The number of unbranched alkanes of at least 4 members (excludes halogenated alkanes) is 1. The fraction of sp³-hybridized carbons (Fsp3) is 0.517. The third-order valence-electron chi connectivity index (χ3n) is 22.7. The number of aliphatic hydroxyl groups is 4. The third kappa shape index (κ3) is 27.3. The van der Waals surface area contributed by atoms with Crippen molar-refractivity contribution < 1.29 is 102 Å². The van der Waals surface area contributed by atoms with Crippen molar-refractivity contribution in [3.05, 3.63) is 154 Å². The molecule has 6 bridgehead atoms. The predicted molar refractivity (Wildman–Crippen MR) is 481 cm³/mol. The molecule has 0 spiro atoms. The molecule has 16 N–H and O–H groups in total. The first-order valence-corrected chi connectivity index (χ1v) is 47.0. The molecule has 11 amide bonds. The highest BCUT2D eigenvalue weighted by atomic mass is 35.5. The number of nitrogens with zero attached hydrogens (tertiary/aromatic N) is 2. The molecule has 5 aliphatic rings. The van der Waals surface area contributed by atoms with Gasteiger partial charge in [0.1, 0.15) is 71.3 Å². The molecule has 10 rings (SSSR count). The maximum Gasteiger partial charge on any atom is 0.409 e. The Kier molecular flexibility index (Phi) is 37.9. The number of anilines is 1. The summed E-state index contributed by atoms with van der Waals surface area (Å²) >= 11 is 6.90. The number of fused-ring (bicyclic) bond motifs is 6. The zero-order valence-corrected chi connectivity index (χ0v) is 76.0. The largest absolute Gasteiger partial charge is 0.495 e. The number of aromatic amines is 1. The lowest BCUT2D eigenvalue weighted by atomic mass is 9.75. The van der Waals surface area contributed by atoms with Crippen molar-refractivity contribution >= 4 is 143 Å². The molecular formula is C87H116ClN13O21S4. The van der Waals surface area contributed by atoms with Crippen LogP contribution in [-0.4, -0.2) is 262 Å². The number of H-pyrrole nitrogens is 1. The van der Waals surface area contributed by atoms with Gasteiger partial charge in [-0.25, -0.2) is 9.59 Å². The number of esters is 1. The minimum Gasteiger partial charge on any atom is -0.495 e. The van der Waals surface area contributed by atoms with Gasteiger partial charge in [-0.1, -0.05) is 171 Å². The number of benzene rings is 4. The highest BCUT2D eigenvalue weighted by molar-refractivity contribution is 8.77. The highest BCUT2D eigenvalue weighted by Gasteiger charge is 2.62. The number of ether oxygens (including phenoxy) is 5. The van der Waals surface area contributed by atoms with Gasteiger partial charge in [0.2, 0.25) is 64.9 Å². The van der Waals surface area contributed by atoms with Gasteiger partial charge in [-0.3, -0.25) is 53.3 Å². The van der Waals surface area contributed by atoms with Gasteiger partial charge in [0.15, 0.2) is 5.72 Å². The predicted octanol–water partition coefficient (Wildman–Crippen LogP) is 4.25. The summed E-state index contributed by atoms with van der Waals surface area (Å²) in [4.78, 5) is 180. The number of halogens is 1. The Balaban J connectivity index is 0.903. The van der Waals surface area contributed by atoms with Crippen LogP contribution >= 0.6 is 54.8 Å². The summed E-state index contributed by atoms with van der Waals surface area (Å²) in [5.41, 5.74) is 8.29. The van der Waals surface area contributed by atoms with Crippen molar-refractivity contribution in [2.75, 3.05) is 69.4 Å². The first-order chi connectivity index (χ1) is 60.1. The molecule has 0 aliphatic carbocycles. The summed E-state index contributed by atoms with van der Waals surface area (Å²) in [6, 6.07) is 15.1. The van der Waals surface area contributed by atoms with E-state index in [0.717, 1.165) is 32.7 Å². The van der Waals surface area contributed by atoms with Crippen LogP contribution in [0.15, 0.2) is 127 Å². The molecular weight excluding hydrogens is 1730 g/mol. The zero-order chi connectivity index (χ0) is 91.7. The number of alkyl carbamates (subject to hydrolysis) is 1. The van der Waals surface area contributed by atoms with Gasteiger partial charge in [-0.2, -0.15) is 0 Å². The van der Waals surface area contributed by atoms with Crippen LogP contribution < -0.4 is 63.2 Å². The van der Waals surface area contributed by atoms with Gasteiger partial charge >= 0.3 is 12.1 Å². The van der Waals surface area contributed by atoms with Crippen molar-refractivity contribution in [3.63, 3.8) is 0 Å². The summed E-state index contributed by atoms with van der Waals surface area (Å²) in [5, 5.41) is 68.9. The SMILES string of the molecule is COc1cc2cc(c1Cl)N(C)C(=O)CC1(OC(=O)[C@H](C)N(C)C(=O)CCSSCCC(=O)N[C@H](Cc3ccccc3)C(=O)N[C@H]3CSSC[C@@H](C(=O)N[C@H](CO)[C@@H](C)O)NC(=O)[C@H]([C@@H](C)O)NC(=O)[C@H](CCCCN)NC(=O)[C@@H](Cc4c[nH]c5ccccc45)NC(=O)[C@H](Cc4ccccc4)NC3=O)O[C@@H]([C@H](C)[C@@H]3C[C@@](O)(NC(=O)O3)[C@@H](OC)/C=C/C=C(\C)C2)[C@@H]1C. The van der Waals surface area contributed by atoms with E-state index >= 15 is 19.2 Å². The Labute approximate surface area is 752 Å². The standard InChI is InChI=1S/C87H116ClN13O21S4/c1-48-22-21-30-70(119-10)86(117)42-69(120-85(116)99-86)49(2)76-50(3)87(121-76,43-73(107)101(8)67-39-56(36-48)40-68(118-9)74(67)88)122-84(115)51(4)100(7)72(106)32-35-124-123-34-31-71(105)91-61(37-54-23-13-11-14-24-54)78(109)96-65-46-125-126-47-66(82(113)95-64(45-102)52(5)103)97-83(114)75(53(6)104)98-77(108)60(29-19-20-33-89)92-80(111)63(41-57-44-90-59-28-18-17-27-58(57)59)94-79(110)62(93-81(65)112)38-55-25-15-12-16-26-55/h11-18,21-28,30,39-40,44,49-53,60-66,69-70,75-76,90,102-104,117H,19-20,29,31-38,41-43,45-47,89H2,1-10H3,(H,91,105)(H,92,111)(H,93,112)(H,94,110)(H,95,113)(H,96,109)(H,97,114)(H,98,108)(H,99,116)/b30-21+,48-22+/t49-,50+,51+,52-,53-,60+,61-,62+,63-,64-,65+,66+,69+,70+,75+,76+,86+,87?/m1/s1. The van der Waals surface area contributed by atoms with Crippen molar-refractivity contribution in [2.24, 2.45) is 17.6 Å². The number of methoxy groups -OCH3 is 2. The number of rotatable bonds is 30. The number of nitrogens with two attached hydrogens (primary N) is 1. The number of hydrogen-bond acceptors (Lipinski definition) is 26. The van der Waals surface area contributed by atoms with Crippen molar-refractivity contribution in [1.29, 1.82) is 0 Å². The van der Waals surface area contributed by atoms with E-state index in [2.05, 4.69) is 52.8 Å². The molecule has 1 unspecified atom stereocenters. The molecule has 6 heterocycles. The normalized spacial score (nSPS) is 26.3. The lowest BCUT2D eigenvalue weighted by Crippen LogP contribution is -2.68. The summed E-state index contributed by atoms with van der Waals surface area (Å²) in [6.45, 7) is 8.85. The average molecular weight is 1840 g/mol. The van der Waals surface area contributed by atoms with Crippen LogP contribution in [0.3, 0.4) is 0 Å². The Morgan fingerprint density at radius 2 is 1.44 bits per heavy atom. The van der Waals surface area contributed by atoms with Crippen LogP contribution in [0.4, 0.5) is 10.5 Å². The number of para-hydroxylation sites is 1. The second kappa shape index (κ2) is 47.6. The van der Waals surface area contributed by atoms with Crippen molar-refractivity contribution in [3.8, 4) is 5.75 Å². The zero-order valence-electron chi connectivity index (χ0n) is 72.0. The van der Waals surface area contributed by atoms with Crippen molar-refractivity contribution in [2.45, 2.75) is 209 Å². The molecule has 18 atom stereocenters. The summed E-state index contributed by atoms with van der Waals surface area (Å²) in [5.74, 6) is -12.2.